The number of imidazole rings is 1. The lowest BCUT2D eigenvalue weighted by Gasteiger charge is -2.34. The van der Waals surface area contributed by atoms with Gasteiger partial charge in [0.15, 0.2) is 0 Å². The molecule has 27 heavy (non-hydrogen) atoms. The van der Waals surface area contributed by atoms with Gasteiger partial charge in [0, 0.05) is 19.3 Å². The summed E-state index contributed by atoms with van der Waals surface area (Å²) in [6.45, 7) is 5.45. The molecule has 1 aliphatic rings. The number of carbonyl (C=O) groups excluding carboxylic acids is 1. The molecule has 1 amide bonds. The molecule has 1 unspecified atom stereocenters. The Labute approximate surface area is 157 Å². The topological polar surface area (TPSA) is 66.8 Å². The SMILES string of the molecule is CCCn1cc(C(=O)N2CCCCC2c2nc3ccc(F)cc3[nH]2)c(C)n1. The van der Waals surface area contributed by atoms with Crippen molar-refractivity contribution in [2.75, 3.05) is 6.54 Å². The monoisotopic (exact) mass is 369 g/mol. The summed E-state index contributed by atoms with van der Waals surface area (Å²) < 4.78 is 15.3. The summed E-state index contributed by atoms with van der Waals surface area (Å²) in [4.78, 5) is 23.0. The molecule has 7 heteroatoms. The Morgan fingerprint density at radius 3 is 3.04 bits per heavy atom. The zero-order chi connectivity index (χ0) is 19.0. The Hall–Kier alpha value is -2.70. The molecule has 1 atom stereocenters. The van der Waals surface area contributed by atoms with Gasteiger partial charge < -0.3 is 9.88 Å². The summed E-state index contributed by atoms with van der Waals surface area (Å²) in [7, 11) is 0. The molecule has 1 aliphatic heterocycles. The maximum Gasteiger partial charge on any atom is 0.257 e. The minimum Gasteiger partial charge on any atom is -0.340 e. The lowest BCUT2D eigenvalue weighted by atomic mass is 10.0. The summed E-state index contributed by atoms with van der Waals surface area (Å²) in [5.41, 5.74) is 2.79. The van der Waals surface area contributed by atoms with Crippen molar-refractivity contribution in [3.8, 4) is 0 Å². The molecule has 0 radical (unpaired) electrons. The van der Waals surface area contributed by atoms with E-state index < -0.39 is 0 Å². The fraction of sp³-hybridized carbons (Fsp3) is 0.450. The van der Waals surface area contributed by atoms with Crippen molar-refractivity contribution >= 4 is 16.9 Å². The van der Waals surface area contributed by atoms with Gasteiger partial charge >= 0.3 is 0 Å². The van der Waals surface area contributed by atoms with Crippen LogP contribution in [0.4, 0.5) is 4.39 Å². The number of hydrogen-bond acceptors (Lipinski definition) is 3. The van der Waals surface area contributed by atoms with Crippen LogP contribution >= 0.6 is 0 Å². The third kappa shape index (κ3) is 3.34. The smallest absolute Gasteiger partial charge is 0.257 e. The van der Waals surface area contributed by atoms with Gasteiger partial charge in [-0.3, -0.25) is 9.48 Å². The van der Waals surface area contributed by atoms with Gasteiger partial charge in [-0.05, 0) is 50.8 Å². The molecule has 1 aromatic carbocycles. The van der Waals surface area contributed by atoms with Crippen molar-refractivity contribution in [3.05, 3.63) is 47.3 Å². The molecule has 4 rings (SSSR count). The molecule has 142 valence electrons. The van der Waals surface area contributed by atoms with Crippen LogP contribution in [-0.4, -0.2) is 37.1 Å². The second kappa shape index (κ2) is 7.13. The van der Waals surface area contributed by atoms with E-state index in [0.29, 0.717) is 17.6 Å². The Balaban J connectivity index is 1.66. The number of carbonyl (C=O) groups is 1. The first kappa shape index (κ1) is 17.7. The van der Waals surface area contributed by atoms with Gasteiger partial charge in [-0.15, -0.1) is 0 Å². The van der Waals surface area contributed by atoms with E-state index in [-0.39, 0.29) is 17.8 Å². The number of H-pyrrole nitrogens is 1. The number of rotatable bonds is 4. The predicted octanol–water partition coefficient (Wildman–Crippen LogP) is 3.98. The standard InChI is InChI=1S/C20H24FN5O/c1-3-9-25-12-15(13(2)24-25)20(27)26-10-5-4-6-18(26)19-22-16-8-7-14(21)11-17(16)23-19/h7-8,11-12,18H,3-6,9-10H2,1-2H3,(H,22,23). The van der Waals surface area contributed by atoms with Crippen molar-refractivity contribution in [1.29, 1.82) is 0 Å². The fourth-order valence-electron chi connectivity index (χ4n) is 3.84. The highest BCUT2D eigenvalue weighted by Gasteiger charge is 2.32. The van der Waals surface area contributed by atoms with Crippen LogP contribution in [0.25, 0.3) is 11.0 Å². The molecular weight excluding hydrogens is 345 g/mol. The maximum absolute atomic E-state index is 13.5. The summed E-state index contributed by atoms with van der Waals surface area (Å²) in [5, 5.41) is 4.46. The van der Waals surface area contributed by atoms with Crippen molar-refractivity contribution in [2.24, 2.45) is 0 Å². The number of benzene rings is 1. The van der Waals surface area contributed by atoms with Crippen LogP contribution in [0.5, 0.6) is 0 Å². The number of piperidine rings is 1. The van der Waals surface area contributed by atoms with Crippen LogP contribution in [0.15, 0.2) is 24.4 Å². The van der Waals surface area contributed by atoms with E-state index in [0.717, 1.165) is 49.3 Å². The highest BCUT2D eigenvalue weighted by molar-refractivity contribution is 5.95. The number of fused-ring (bicyclic) bond motifs is 1. The van der Waals surface area contributed by atoms with Crippen molar-refractivity contribution in [2.45, 2.75) is 52.1 Å². The number of amides is 1. The third-order valence-corrected chi connectivity index (χ3v) is 5.17. The minimum absolute atomic E-state index is 0.00816. The molecule has 3 heterocycles. The van der Waals surface area contributed by atoms with Crippen LogP contribution in [0.3, 0.4) is 0 Å². The second-order valence-corrected chi connectivity index (χ2v) is 7.18. The van der Waals surface area contributed by atoms with E-state index in [1.54, 1.807) is 6.07 Å². The first-order valence-electron chi connectivity index (χ1n) is 9.57. The molecule has 0 spiro atoms. The summed E-state index contributed by atoms with van der Waals surface area (Å²) in [5.74, 6) is 0.418. The van der Waals surface area contributed by atoms with E-state index in [4.69, 9.17) is 0 Å². The highest BCUT2D eigenvalue weighted by Crippen LogP contribution is 2.32. The number of halogens is 1. The molecule has 0 aliphatic carbocycles. The molecule has 1 saturated heterocycles. The average Bonchev–Trinajstić information content (AvgIpc) is 3.24. The number of nitrogens with zero attached hydrogens (tertiary/aromatic N) is 4. The van der Waals surface area contributed by atoms with Gasteiger partial charge in [-0.1, -0.05) is 6.92 Å². The molecule has 2 aromatic heterocycles. The number of likely N-dealkylation sites (tertiary alicyclic amines) is 1. The molecular formula is C20H24FN5O. The van der Waals surface area contributed by atoms with Crippen molar-refractivity contribution < 1.29 is 9.18 Å². The Morgan fingerprint density at radius 2 is 2.22 bits per heavy atom. The van der Waals surface area contributed by atoms with Crippen LogP contribution in [0, 0.1) is 12.7 Å². The molecule has 0 bridgehead atoms. The normalized spacial score (nSPS) is 17.6. The first-order chi connectivity index (χ1) is 13.1. The Kier molecular flexibility index (Phi) is 4.68. The molecule has 3 aromatic rings. The zero-order valence-corrected chi connectivity index (χ0v) is 15.7. The zero-order valence-electron chi connectivity index (χ0n) is 15.7. The van der Waals surface area contributed by atoms with Gasteiger partial charge in [0.05, 0.1) is 28.3 Å². The molecule has 6 nitrogen and oxygen atoms in total. The van der Waals surface area contributed by atoms with Gasteiger partial charge in [0.25, 0.3) is 5.91 Å². The van der Waals surface area contributed by atoms with E-state index in [1.807, 2.05) is 22.7 Å². The van der Waals surface area contributed by atoms with E-state index in [9.17, 15) is 9.18 Å². The molecule has 1 N–H and O–H groups in total. The van der Waals surface area contributed by atoms with E-state index >= 15 is 0 Å². The maximum atomic E-state index is 13.5. The van der Waals surface area contributed by atoms with Crippen LogP contribution < -0.4 is 0 Å². The number of aryl methyl sites for hydroxylation is 2. The summed E-state index contributed by atoms with van der Waals surface area (Å²) >= 11 is 0. The van der Waals surface area contributed by atoms with Gasteiger partial charge in [-0.25, -0.2) is 9.37 Å². The second-order valence-electron chi connectivity index (χ2n) is 7.18. The Bertz CT molecular complexity index is 976. The average molecular weight is 369 g/mol. The molecule has 1 fully saturated rings. The molecule has 0 saturated carbocycles. The fourth-order valence-corrected chi connectivity index (χ4v) is 3.84. The number of nitrogens with one attached hydrogen (secondary N) is 1. The van der Waals surface area contributed by atoms with Crippen LogP contribution in [0.1, 0.15) is 60.5 Å². The van der Waals surface area contributed by atoms with Crippen LogP contribution in [0.2, 0.25) is 0 Å². The number of aromatic nitrogens is 4. The largest absolute Gasteiger partial charge is 0.340 e. The lowest BCUT2D eigenvalue weighted by molar-refractivity contribution is 0.0600. The lowest BCUT2D eigenvalue weighted by Crippen LogP contribution is -2.39. The van der Waals surface area contributed by atoms with E-state index in [1.165, 1.54) is 12.1 Å². The Morgan fingerprint density at radius 1 is 1.37 bits per heavy atom. The highest BCUT2D eigenvalue weighted by atomic mass is 19.1. The summed E-state index contributed by atoms with van der Waals surface area (Å²) in [6.07, 6.45) is 5.67. The number of aromatic amines is 1. The van der Waals surface area contributed by atoms with E-state index in [2.05, 4.69) is 22.0 Å². The van der Waals surface area contributed by atoms with Gasteiger partial charge in [-0.2, -0.15) is 5.10 Å². The predicted molar refractivity (Wildman–Crippen MR) is 101 cm³/mol. The quantitative estimate of drug-likeness (QED) is 0.756. The van der Waals surface area contributed by atoms with Gasteiger partial charge in [0.1, 0.15) is 11.6 Å². The van der Waals surface area contributed by atoms with Crippen molar-refractivity contribution in [1.82, 2.24) is 24.6 Å². The minimum atomic E-state index is -0.298. The van der Waals surface area contributed by atoms with Crippen LogP contribution in [-0.2, 0) is 6.54 Å². The van der Waals surface area contributed by atoms with Gasteiger partial charge in [0.2, 0.25) is 0 Å². The third-order valence-electron chi connectivity index (χ3n) is 5.17. The number of hydrogen-bond donors (Lipinski definition) is 1. The first-order valence-corrected chi connectivity index (χ1v) is 9.57. The summed E-state index contributed by atoms with van der Waals surface area (Å²) in [6, 6.07) is 4.39. The van der Waals surface area contributed by atoms with Crippen molar-refractivity contribution in [3.63, 3.8) is 0 Å².